The van der Waals surface area contributed by atoms with Crippen LogP contribution in [0.4, 0.5) is 5.69 Å². The molecule has 1 fully saturated rings. The molecule has 2 N–H and O–H groups in total. The summed E-state index contributed by atoms with van der Waals surface area (Å²) < 4.78 is 10.7. The van der Waals surface area contributed by atoms with E-state index in [2.05, 4.69) is 20.6 Å². The van der Waals surface area contributed by atoms with Gasteiger partial charge in [0, 0.05) is 50.3 Å². The van der Waals surface area contributed by atoms with Gasteiger partial charge >= 0.3 is 0 Å². The number of benzene rings is 2. The van der Waals surface area contributed by atoms with Crippen molar-refractivity contribution in [1.29, 1.82) is 0 Å². The van der Waals surface area contributed by atoms with E-state index in [0.29, 0.717) is 37.4 Å². The van der Waals surface area contributed by atoms with E-state index in [4.69, 9.17) is 9.47 Å². The molecular formula is C25H31N5O4. The van der Waals surface area contributed by atoms with Gasteiger partial charge in [0.05, 0.1) is 33.0 Å². The van der Waals surface area contributed by atoms with Gasteiger partial charge in [-0.2, -0.15) is 5.10 Å². The van der Waals surface area contributed by atoms with Gasteiger partial charge in [0.15, 0.2) is 11.5 Å². The quantitative estimate of drug-likeness (QED) is 0.620. The van der Waals surface area contributed by atoms with Crippen molar-refractivity contribution in [3.8, 4) is 11.5 Å². The minimum atomic E-state index is -0.0231. The van der Waals surface area contributed by atoms with Gasteiger partial charge in [-0.15, -0.1) is 0 Å². The molecule has 9 nitrogen and oxygen atoms in total. The van der Waals surface area contributed by atoms with Gasteiger partial charge in [-0.3, -0.25) is 14.5 Å². The van der Waals surface area contributed by atoms with Crippen molar-refractivity contribution < 1.29 is 19.1 Å². The predicted octanol–water partition coefficient (Wildman–Crippen LogP) is 2.07. The molecule has 2 aliphatic rings. The number of hydrazone groups is 1. The second kappa shape index (κ2) is 11.1. The number of amides is 2. The molecule has 0 aliphatic carbocycles. The molecule has 2 heterocycles. The molecule has 2 aliphatic heterocycles. The first kappa shape index (κ1) is 23.7. The largest absolute Gasteiger partial charge is 0.493 e. The maximum atomic E-state index is 12.5. The van der Waals surface area contributed by atoms with Crippen molar-refractivity contribution in [2.45, 2.75) is 19.4 Å². The molecule has 0 spiro atoms. The van der Waals surface area contributed by atoms with E-state index >= 15 is 0 Å². The molecule has 0 saturated carbocycles. The number of piperazine rings is 1. The summed E-state index contributed by atoms with van der Waals surface area (Å²) in [5.74, 6) is 1.24. The van der Waals surface area contributed by atoms with Crippen LogP contribution in [0.5, 0.6) is 11.5 Å². The van der Waals surface area contributed by atoms with Crippen LogP contribution in [0.1, 0.15) is 24.0 Å². The smallest absolute Gasteiger partial charge is 0.243 e. The van der Waals surface area contributed by atoms with Crippen LogP contribution in [0.15, 0.2) is 47.6 Å². The number of anilines is 1. The van der Waals surface area contributed by atoms with E-state index in [1.807, 2.05) is 42.5 Å². The summed E-state index contributed by atoms with van der Waals surface area (Å²) in [5, 5.41) is 12.4. The fraction of sp³-hybridized carbons (Fsp3) is 0.400. The lowest BCUT2D eigenvalue weighted by molar-refractivity contribution is -0.132. The van der Waals surface area contributed by atoms with Crippen molar-refractivity contribution in [1.82, 2.24) is 15.2 Å². The molecule has 0 atom stereocenters. The summed E-state index contributed by atoms with van der Waals surface area (Å²) in [6.07, 6.45) is 0.968. The zero-order valence-electron chi connectivity index (χ0n) is 19.7. The molecule has 0 bridgehead atoms. The number of carbonyl (C=O) groups is 2. The van der Waals surface area contributed by atoms with Crippen LogP contribution in [-0.2, 0) is 16.1 Å². The lowest BCUT2D eigenvalue weighted by Gasteiger charge is -2.26. The maximum absolute atomic E-state index is 12.5. The minimum absolute atomic E-state index is 0.0161. The molecule has 34 heavy (non-hydrogen) atoms. The third kappa shape index (κ3) is 5.92. The van der Waals surface area contributed by atoms with Gasteiger partial charge in [-0.1, -0.05) is 12.1 Å². The lowest BCUT2D eigenvalue weighted by Crippen LogP contribution is -2.46. The zero-order chi connectivity index (χ0) is 23.9. The summed E-state index contributed by atoms with van der Waals surface area (Å²) >= 11 is 0. The van der Waals surface area contributed by atoms with E-state index in [1.54, 1.807) is 14.2 Å². The van der Waals surface area contributed by atoms with Gasteiger partial charge in [0.25, 0.3) is 0 Å². The topological polar surface area (TPSA) is 95.5 Å². The van der Waals surface area contributed by atoms with Crippen molar-refractivity contribution in [2.75, 3.05) is 52.3 Å². The third-order valence-corrected chi connectivity index (χ3v) is 5.97. The van der Waals surface area contributed by atoms with E-state index in [0.717, 1.165) is 48.7 Å². The predicted molar refractivity (Wildman–Crippen MR) is 130 cm³/mol. The number of rotatable bonds is 8. The molecule has 0 aromatic heterocycles. The molecule has 0 unspecified atom stereocenters. The van der Waals surface area contributed by atoms with Crippen LogP contribution < -0.4 is 20.1 Å². The van der Waals surface area contributed by atoms with Crippen LogP contribution in [0.3, 0.4) is 0 Å². The monoisotopic (exact) mass is 465 g/mol. The van der Waals surface area contributed by atoms with Crippen molar-refractivity contribution in [3.63, 3.8) is 0 Å². The molecule has 180 valence electrons. The Hall–Kier alpha value is -3.43. The summed E-state index contributed by atoms with van der Waals surface area (Å²) in [6.45, 7) is 4.33. The molecule has 4 rings (SSSR count). The average Bonchev–Trinajstić information content (AvgIpc) is 2.86. The van der Waals surface area contributed by atoms with E-state index < -0.39 is 0 Å². The summed E-state index contributed by atoms with van der Waals surface area (Å²) in [4.78, 5) is 27.0. The van der Waals surface area contributed by atoms with Crippen molar-refractivity contribution in [3.05, 3.63) is 53.6 Å². The maximum Gasteiger partial charge on any atom is 0.243 e. The molecular weight excluding hydrogens is 434 g/mol. The van der Waals surface area contributed by atoms with Gasteiger partial charge in [-0.05, 0) is 35.9 Å². The fourth-order valence-electron chi connectivity index (χ4n) is 4.09. The molecule has 9 heteroatoms. The molecule has 2 aromatic carbocycles. The van der Waals surface area contributed by atoms with Crippen LogP contribution in [0, 0.1) is 0 Å². The average molecular weight is 466 g/mol. The first-order valence-corrected chi connectivity index (χ1v) is 11.5. The number of nitrogens with zero attached hydrogens (tertiary/aromatic N) is 3. The van der Waals surface area contributed by atoms with Gasteiger partial charge < -0.3 is 20.1 Å². The van der Waals surface area contributed by atoms with E-state index in [9.17, 15) is 9.59 Å². The number of methoxy groups -OCH3 is 2. The highest BCUT2D eigenvalue weighted by Gasteiger charge is 2.22. The van der Waals surface area contributed by atoms with Crippen molar-refractivity contribution in [2.24, 2.45) is 5.10 Å². The van der Waals surface area contributed by atoms with Crippen LogP contribution in [0.25, 0.3) is 0 Å². The highest BCUT2D eigenvalue weighted by Crippen LogP contribution is 2.29. The fourth-order valence-corrected chi connectivity index (χ4v) is 4.09. The number of carbonyl (C=O) groups excluding carboxylic acids is 2. The lowest BCUT2D eigenvalue weighted by atomic mass is 10.0. The molecule has 2 amide bonds. The van der Waals surface area contributed by atoms with Crippen LogP contribution in [-0.4, -0.2) is 74.4 Å². The van der Waals surface area contributed by atoms with Crippen molar-refractivity contribution >= 4 is 23.2 Å². The number of ether oxygens (including phenoxy) is 2. The Morgan fingerprint density at radius 2 is 1.76 bits per heavy atom. The molecule has 2 aromatic rings. The highest BCUT2D eigenvalue weighted by molar-refractivity contribution is 6.04. The summed E-state index contributed by atoms with van der Waals surface area (Å²) in [7, 11) is 3.19. The Kier molecular flexibility index (Phi) is 7.76. The Balaban J connectivity index is 1.39. The number of hydrogen-bond acceptors (Lipinski definition) is 7. The standard InChI is InChI=1S/C25H31N5O4/c1-33-22-9-5-19(15-23(22)34-2)21-8-10-25(32)30(28-21)16-18-3-6-20(7-4-18)27-24(31)17-29-13-11-26-12-14-29/h3-7,9,15,26H,8,10-14,16-17H2,1-2H3,(H,27,31). The second-order valence-corrected chi connectivity index (χ2v) is 8.34. The van der Waals surface area contributed by atoms with Crippen LogP contribution in [0.2, 0.25) is 0 Å². The van der Waals surface area contributed by atoms with Crippen LogP contribution >= 0.6 is 0 Å². The van der Waals surface area contributed by atoms with Gasteiger partial charge in [-0.25, -0.2) is 5.01 Å². The molecule has 1 saturated heterocycles. The van der Waals surface area contributed by atoms with Gasteiger partial charge in [0.2, 0.25) is 11.8 Å². The van der Waals surface area contributed by atoms with E-state index in [1.165, 1.54) is 5.01 Å². The number of nitrogens with one attached hydrogen (secondary N) is 2. The second-order valence-electron chi connectivity index (χ2n) is 8.34. The summed E-state index contributed by atoms with van der Waals surface area (Å²) in [5.41, 5.74) is 3.41. The first-order chi connectivity index (χ1) is 16.6. The van der Waals surface area contributed by atoms with Gasteiger partial charge in [0.1, 0.15) is 0 Å². The van der Waals surface area contributed by atoms with E-state index in [-0.39, 0.29) is 11.8 Å². The Bertz CT molecular complexity index is 1050. The molecule has 0 radical (unpaired) electrons. The first-order valence-electron chi connectivity index (χ1n) is 11.5. The SMILES string of the molecule is COc1ccc(C2=NN(Cc3ccc(NC(=O)CN4CCNCC4)cc3)C(=O)CC2)cc1OC. The third-order valence-electron chi connectivity index (χ3n) is 5.97. The highest BCUT2D eigenvalue weighted by atomic mass is 16.5. The number of hydrogen-bond donors (Lipinski definition) is 2. The normalized spacial score (nSPS) is 16.7. The Morgan fingerprint density at radius 3 is 2.47 bits per heavy atom. The Labute approximate surface area is 199 Å². The Morgan fingerprint density at radius 1 is 1.03 bits per heavy atom. The minimum Gasteiger partial charge on any atom is -0.493 e. The zero-order valence-corrected chi connectivity index (χ0v) is 19.7. The summed E-state index contributed by atoms with van der Waals surface area (Å²) in [6, 6.07) is 13.2.